The Morgan fingerprint density at radius 1 is 1.30 bits per heavy atom. The Labute approximate surface area is 64.3 Å². The first-order valence-electron chi connectivity index (χ1n) is 4.29. The molecule has 0 nitrogen and oxygen atoms in total. The van der Waals surface area contributed by atoms with Crippen molar-refractivity contribution in [2.45, 2.75) is 40.5 Å². The standard InChI is InChI=1S/C10H18/c1-7(2)10-6-5-8(3)9(10)4/h7,10H,5-6H2,1-4H3. The van der Waals surface area contributed by atoms with Crippen LogP contribution in [-0.4, -0.2) is 0 Å². The minimum Gasteiger partial charge on any atom is -0.0741 e. The molecule has 0 amide bonds. The molecule has 1 aliphatic carbocycles. The Morgan fingerprint density at radius 3 is 2.10 bits per heavy atom. The minimum absolute atomic E-state index is 0.845. The van der Waals surface area contributed by atoms with Gasteiger partial charge in [-0.15, -0.1) is 0 Å². The molecular weight excluding hydrogens is 120 g/mol. The molecule has 0 saturated heterocycles. The lowest BCUT2D eigenvalue weighted by Crippen LogP contribution is -2.05. The maximum atomic E-state index is 2.33. The van der Waals surface area contributed by atoms with Crippen molar-refractivity contribution >= 4 is 0 Å². The van der Waals surface area contributed by atoms with Crippen molar-refractivity contribution in [3.63, 3.8) is 0 Å². The third-order valence-electron chi connectivity index (χ3n) is 2.86. The summed E-state index contributed by atoms with van der Waals surface area (Å²) in [5.41, 5.74) is 3.30. The van der Waals surface area contributed by atoms with Gasteiger partial charge in [-0.2, -0.15) is 0 Å². The van der Waals surface area contributed by atoms with Gasteiger partial charge in [0.15, 0.2) is 0 Å². The summed E-state index contributed by atoms with van der Waals surface area (Å²) in [4.78, 5) is 0. The largest absolute Gasteiger partial charge is 0.0741 e. The summed E-state index contributed by atoms with van der Waals surface area (Å²) >= 11 is 0. The molecule has 0 heteroatoms. The molecule has 0 fully saturated rings. The van der Waals surface area contributed by atoms with E-state index in [0.717, 1.165) is 11.8 Å². The molecule has 0 N–H and O–H groups in total. The fraction of sp³-hybridized carbons (Fsp3) is 0.800. The highest BCUT2D eigenvalue weighted by atomic mass is 14.3. The summed E-state index contributed by atoms with van der Waals surface area (Å²) in [5, 5.41) is 0. The van der Waals surface area contributed by atoms with Gasteiger partial charge in [-0.05, 0) is 38.5 Å². The second-order valence-electron chi connectivity index (χ2n) is 3.85. The molecule has 10 heavy (non-hydrogen) atoms. The van der Waals surface area contributed by atoms with Crippen molar-refractivity contribution in [1.82, 2.24) is 0 Å². The maximum absolute atomic E-state index is 2.33. The van der Waals surface area contributed by atoms with E-state index in [1.807, 2.05) is 0 Å². The van der Waals surface area contributed by atoms with Crippen molar-refractivity contribution < 1.29 is 0 Å². The summed E-state index contributed by atoms with van der Waals surface area (Å²) in [6.45, 7) is 9.23. The van der Waals surface area contributed by atoms with Crippen LogP contribution in [0.25, 0.3) is 0 Å². The fourth-order valence-corrected chi connectivity index (χ4v) is 1.94. The molecule has 0 aromatic carbocycles. The predicted molar refractivity (Wildman–Crippen MR) is 45.9 cm³/mol. The third-order valence-corrected chi connectivity index (χ3v) is 2.86. The van der Waals surface area contributed by atoms with E-state index in [9.17, 15) is 0 Å². The summed E-state index contributed by atoms with van der Waals surface area (Å²) in [6, 6.07) is 0. The topological polar surface area (TPSA) is 0 Å². The number of hydrogen-bond acceptors (Lipinski definition) is 0. The molecule has 0 saturated carbocycles. The van der Waals surface area contributed by atoms with Crippen LogP contribution >= 0.6 is 0 Å². The summed E-state index contributed by atoms with van der Waals surface area (Å²) in [7, 11) is 0. The Bertz CT molecular complexity index is 151. The van der Waals surface area contributed by atoms with E-state index in [0.29, 0.717) is 0 Å². The van der Waals surface area contributed by atoms with E-state index >= 15 is 0 Å². The normalized spacial score (nSPS) is 26.7. The summed E-state index contributed by atoms with van der Waals surface area (Å²) < 4.78 is 0. The highest BCUT2D eigenvalue weighted by molar-refractivity contribution is 5.19. The van der Waals surface area contributed by atoms with E-state index in [1.165, 1.54) is 12.8 Å². The van der Waals surface area contributed by atoms with Gasteiger partial charge in [0.1, 0.15) is 0 Å². The Hall–Kier alpha value is -0.260. The van der Waals surface area contributed by atoms with Crippen molar-refractivity contribution in [3.05, 3.63) is 11.1 Å². The molecule has 58 valence electrons. The fourth-order valence-electron chi connectivity index (χ4n) is 1.94. The number of hydrogen-bond donors (Lipinski definition) is 0. The second kappa shape index (κ2) is 2.77. The zero-order valence-corrected chi connectivity index (χ0v) is 7.57. The zero-order chi connectivity index (χ0) is 7.72. The first-order valence-corrected chi connectivity index (χ1v) is 4.29. The quantitative estimate of drug-likeness (QED) is 0.487. The lowest BCUT2D eigenvalue weighted by Gasteiger charge is -2.15. The van der Waals surface area contributed by atoms with Gasteiger partial charge >= 0.3 is 0 Å². The van der Waals surface area contributed by atoms with E-state index < -0.39 is 0 Å². The third kappa shape index (κ3) is 1.25. The van der Waals surface area contributed by atoms with Crippen molar-refractivity contribution in [2.24, 2.45) is 11.8 Å². The van der Waals surface area contributed by atoms with Gasteiger partial charge in [0, 0.05) is 0 Å². The van der Waals surface area contributed by atoms with Crippen LogP contribution in [0.3, 0.4) is 0 Å². The van der Waals surface area contributed by atoms with Crippen molar-refractivity contribution in [2.75, 3.05) is 0 Å². The molecule has 1 unspecified atom stereocenters. The van der Waals surface area contributed by atoms with Gasteiger partial charge < -0.3 is 0 Å². The van der Waals surface area contributed by atoms with Crippen LogP contribution in [0.15, 0.2) is 11.1 Å². The van der Waals surface area contributed by atoms with Crippen LogP contribution in [0.1, 0.15) is 40.5 Å². The first-order chi connectivity index (χ1) is 4.63. The molecule has 0 radical (unpaired) electrons. The molecule has 0 aliphatic heterocycles. The minimum atomic E-state index is 0.845. The van der Waals surface area contributed by atoms with E-state index in [1.54, 1.807) is 11.1 Å². The lowest BCUT2D eigenvalue weighted by atomic mass is 9.90. The van der Waals surface area contributed by atoms with Crippen LogP contribution in [-0.2, 0) is 0 Å². The highest BCUT2D eigenvalue weighted by Crippen LogP contribution is 2.35. The Morgan fingerprint density at radius 2 is 1.90 bits per heavy atom. The van der Waals surface area contributed by atoms with Gasteiger partial charge in [0.25, 0.3) is 0 Å². The molecule has 0 aromatic heterocycles. The number of rotatable bonds is 1. The van der Waals surface area contributed by atoms with Crippen LogP contribution in [0, 0.1) is 11.8 Å². The van der Waals surface area contributed by atoms with Crippen LogP contribution < -0.4 is 0 Å². The molecule has 0 spiro atoms. The average molecular weight is 138 g/mol. The molecule has 1 aliphatic rings. The van der Waals surface area contributed by atoms with Gasteiger partial charge in [-0.3, -0.25) is 0 Å². The van der Waals surface area contributed by atoms with Crippen LogP contribution in [0.4, 0.5) is 0 Å². The predicted octanol–water partition coefficient (Wildman–Crippen LogP) is 3.39. The summed E-state index contributed by atoms with van der Waals surface area (Å²) in [6.07, 6.45) is 2.74. The smallest absolute Gasteiger partial charge is 0.0177 e. The average Bonchev–Trinajstić information content (AvgIpc) is 2.14. The SMILES string of the molecule is CC1=C(C)C(C(C)C)CC1. The lowest BCUT2D eigenvalue weighted by molar-refractivity contribution is 0.440. The van der Waals surface area contributed by atoms with E-state index in [4.69, 9.17) is 0 Å². The van der Waals surface area contributed by atoms with E-state index in [2.05, 4.69) is 27.7 Å². The van der Waals surface area contributed by atoms with E-state index in [-0.39, 0.29) is 0 Å². The van der Waals surface area contributed by atoms with Gasteiger partial charge in [0.05, 0.1) is 0 Å². The first kappa shape index (κ1) is 7.84. The monoisotopic (exact) mass is 138 g/mol. The molecule has 0 heterocycles. The maximum Gasteiger partial charge on any atom is -0.0177 e. The molecular formula is C10H18. The Balaban J connectivity index is 2.68. The second-order valence-corrected chi connectivity index (χ2v) is 3.85. The molecule has 1 rings (SSSR count). The highest BCUT2D eigenvalue weighted by Gasteiger charge is 2.21. The number of allylic oxidation sites excluding steroid dienone is 2. The van der Waals surface area contributed by atoms with Crippen LogP contribution in [0.5, 0.6) is 0 Å². The molecule has 1 atom stereocenters. The molecule has 0 aromatic rings. The van der Waals surface area contributed by atoms with Gasteiger partial charge in [-0.25, -0.2) is 0 Å². The van der Waals surface area contributed by atoms with Crippen LogP contribution in [0.2, 0.25) is 0 Å². The summed E-state index contributed by atoms with van der Waals surface area (Å²) in [5.74, 6) is 1.73. The van der Waals surface area contributed by atoms with Crippen molar-refractivity contribution in [1.29, 1.82) is 0 Å². The van der Waals surface area contributed by atoms with Crippen molar-refractivity contribution in [3.8, 4) is 0 Å². The zero-order valence-electron chi connectivity index (χ0n) is 7.57. The van der Waals surface area contributed by atoms with Gasteiger partial charge in [0.2, 0.25) is 0 Å². The van der Waals surface area contributed by atoms with Gasteiger partial charge in [-0.1, -0.05) is 25.0 Å². The molecule has 0 bridgehead atoms. The Kier molecular flexibility index (Phi) is 2.18.